The normalized spacial score (nSPS) is 10.1. The second kappa shape index (κ2) is 5.27. The summed E-state index contributed by atoms with van der Waals surface area (Å²) in [6.45, 7) is 0. The van der Waals surface area contributed by atoms with Crippen molar-refractivity contribution in [1.29, 1.82) is 0 Å². The van der Waals surface area contributed by atoms with Crippen LogP contribution >= 0.6 is 0 Å². The van der Waals surface area contributed by atoms with Gasteiger partial charge in [-0.3, -0.25) is 9.78 Å². The Bertz CT molecular complexity index is 557. The largest absolute Gasteiger partial charge is 0.399 e. The number of nitrogens with zero attached hydrogens (tertiary/aromatic N) is 1. The molecule has 1 aromatic carbocycles. The summed E-state index contributed by atoms with van der Waals surface area (Å²) >= 11 is 0. The van der Waals surface area contributed by atoms with E-state index in [1.807, 2.05) is 0 Å². The lowest BCUT2D eigenvalue weighted by Crippen LogP contribution is -2.15. The van der Waals surface area contributed by atoms with Gasteiger partial charge < -0.3 is 11.1 Å². The topological polar surface area (TPSA) is 68.0 Å². The maximum absolute atomic E-state index is 13.4. The average molecular weight is 245 g/mol. The molecule has 0 saturated carbocycles. The zero-order chi connectivity index (χ0) is 13.0. The first-order chi connectivity index (χ1) is 8.65. The average Bonchev–Trinajstić information content (AvgIpc) is 2.35. The summed E-state index contributed by atoms with van der Waals surface area (Å²) in [5.41, 5.74) is 6.77. The van der Waals surface area contributed by atoms with Gasteiger partial charge in [0.05, 0.1) is 12.1 Å². The lowest BCUT2D eigenvalue weighted by Gasteiger charge is -2.07. The second-order valence-electron chi connectivity index (χ2n) is 3.83. The van der Waals surface area contributed by atoms with Gasteiger partial charge in [0, 0.05) is 18.1 Å². The Hall–Kier alpha value is -2.43. The number of nitrogens with one attached hydrogen (secondary N) is 1. The first-order valence-electron chi connectivity index (χ1n) is 5.39. The molecule has 0 radical (unpaired) electrons. The van der Waals surface area contributed by atoms with Gasteiger partial charge in [-0.25, -0.2) is 4.39 Å². The predicted octanol–water partition coefficient (Wildman–Crippen LogP) is 1.98. The summed E-state index contributed by atoms with van der Waals surface area (Å²) in [6, 6.07) is 7.56. The number of hydrogen-bond acceptors (Lipinski definition) is 3. The molecule has 0 fully saturated rings. The highest BCUT2D eigenvalue weighted by molar-refractivity contribution is 5.92. The van der Waals surface area contributed by atoms with Gasteiger partial charge in [-0.05, 0) is 29.8 Å². The number of nitrogen functional groups attached to an aromatic ring is 1. The third-order valence-corrected chi connectivity index (χ3v) is 2.35. The van der Waals surface area contributed by atoms with Crippen LogP contribution in [0.5, 0.6) is 0 Å². The van der Waals surface area contributed by atoms with Crippen molar-refractivity contribution < 1.29 is 9.18 Å². The molecule has 5 heteroatoms. The molecule has 0 spiro atoms. The fraction of sp³-hybridized carbons (Fsp3) is 0.0769. The van der Waals surface area contributed by atoms with Gasteiger partial charge in [0.15, 0.2) is 0 Å². The van der Waals surface area contributed by atoms with Crippen LogP contribution in [0.25, 0.3) is 0 Å². The van der Waals surface area contributed by atoms with Gasteiger partial charge in [-0.1, -0.05) is 6.07 Å². The smallest absolute Gasteiger partial charge is 0.228 e. The highest BCUT2D eigenvalue weighted by atomic mass is 19.1. The van der Waals surface area contributed by atoms with Crippen LogP contribution in [0, 0.1) is 5.82 Å². The molecule has 0 unspecified atom stereocenters. The molecule has 0 aliphatic heterocycles. The lowest BCUT2D eigenvalue weighted by atomic mass is 10.2. The Balaban J connectivity index is 2.05. The van der Waals surface area contributed by atoms with Crippen molar-refractivity contribution in [2.45, 2.75) is 6.42 Å². The Kier molecular flexibility index (Phi) is 3.52. The molecule has 1 heterocycles. The van der Waals surface area contributed by atoms with E-state index in [1.165, 1.54) is 18.2 Å². The van der Waals surface area contributed by atoms with Crippen LogP contribution in [-0.2, 0) is 11.2 Å². The number of carbonyl (C=O) groups is 1. The molecule has 0 aliphatic rings. The Labute approximate surface area is 104 Å². The molecule has 0 atom stereocenters. The van der Waals surface area contributed by atoms with E-state index >= 15 is 0 Å². The monoisotopic (exact) mass is 245 g/mol. The number of carbonyl (C=O) groups excluding carboxylic acids is 1. The van der Waals surface area contributed by atoms with Crippen LogP contribution in [0.3, 0.4) is 0 Å². The molecule has 1 amide bonds. The van der Waals surface area contributed by atoms with E-state index in [9.17, 15) is 9.18 Å². The molecule has 0 bridgehead atoms. The van der Waals surface area contributed by atoms with Crippen molar-refractivity contribution in [3.8, 4) is 0 Å². The minimum absolute atomic E-state index is 0.0869. The number of anilines is 2. The molecule has 0 saturated heterocycles. The van der Waals surface area contributed by atoms with Crippen LogP contribution in [0.1, 0.15) is 5.56 Å². The van der Waals surface area contributed by atoms with E-state index in [0.29, 0.717) is 5.69 Å². The molecule has 3 N–H and O–H groups in total. The quantitative estimate of drug-likeness (QED) is 0.812. The van der Waals surface area contributed by atoms with Crippen molar-refractivity contribution >= 4 is 17.3 Å². The molecule has 0 aliphatic carbocycles. The number of halogens is 1. The first-order valence-corrected chi connectivity index (χ1v) is 5.39. The number of aromatic nitrogens is 1. The molecule has 2 rings (SSSR count). The highest BCUT2D eigenvalue weighted by Gasteiger charge is 2.08. The maximum atomic E-state index is 13.4. The fourth-order valence-corrected chi connectivity index (χ4v) is 1.52. The number of rotatable bonds is 3. The Morgan fingerprint density at radius 3 is 2.94 bits per heavy atom. The number of nitrogens with two attached hydrogens (primary N) is 1. The maximum Gasteiger partial charge on any atom is 0.228 e. The third kappa shape index (κ3) is 3.04. The zero-order valence-corrected chi connectivity index (χ0v) is 9.56. The number of amides is 1. The summed E-state index contributed by atoms with van der Waals surface area (Å²) in [5, 5.41) is 2.48. The molecule has 2 aromatic rings. The van der Waals surface area contributed by atoms with Gasteiger partial charge in [-0.2, -0.15) is 0 Å². The van der Waals surface area contributed by atoms with Gasteiger partial charge >= 0.3 is 0 Å². The standard InChI is InChI=1S/C13H12FN3O/c14-11-4-3-10(15)7-12(11)17-13(18)6-9-2-1-5-16-8-9/h1-5,7-8H,6,15H2,(H,17,18). The molecule has 18 heavy (non-hydrogen) atoms. The minimum atomic E-state index is -0.510. The molecule has 4 nitrogen and oxygen atoms in total. The van der Waals surface area contributed by atoms with Gasteiger partial charge in [0.1, 0.15) is 5.82 Å². The predicted molar refractivity (Wildman–Crippen MR) is 67.4 cm³/mol. The van der Waals surface area contributed by atoms with Crippen molar-refractivity contribution in [3.63, 3.8) is 0 Å². The first kappa shape index (κ1) is 12.0. The van der Waals surface area contributed by atoms with Crippen LogP contribution < -0.4 is 11.1 Å². The van der Waals surface area contributed by atoms with E-state index in [1.54, 1.807) is 24.5 Å². The summed E-state index contributed by atoms with van der Waals surface area (Å²) in [7, 11) is 0. The van der Waals surface area contributed by atoms with E-state index in [2.05, 4.69) is 10.3 Å². The summed E-state index contributed by atoms with van der Waals surface area (Å²) in [4.78, 5) is 15.6. The second-order valence-corrected chi connectivity index (χ2v) is 3.83. The third-order valence-electron chi connectivity index (χ3n) is 2.35. The van der Waals surface area contributed by atoms with Gasteiger partial charge in [-0.15, -0.1) is 0 Å². The summed E-state index contributed by atoms with van der Waals surface area (Å²) in [6.07, 6.45) is 3.36. The van der Waals surface area contributed by atoms with Gasteiger partial charge in [0.25, 0.3) is 0 Å². The van der Waals surface area contributed by atoms with Crippen LogP contribution in [-0.4, -0.2) is 10.9 Å². The summed E-state index contributed by atoms with van der Waals surface area (Å²) in [5.74, 6) is -0.823. The molecule has 92 valence electrons. The molecule has 1 aromatic heterocycles. The number of hydrogen-bond donors (Lipinski definition) is 2. The van der Waals surface area contributed by atoms with Crippen molar-refractivity contribution in [1.82, 2.24) is 4.98 Å². The Morgan fingerprint density at radius 1 is 1.39 bits per heavy atom. The van der Waals surface area contributed by atoms with E-state index < -0.39 is 5.82 Å². The number of benzene rings is 1. The van der Waals surface area contributed by atoms with Gasteiger partial charge in [0.2, 0.25) is 5.91 Å². The highest BCUT2D eigenvalue weighted by Crippen LogP contribution is 2.17. The molecular formula is C13H12FN3O. The van der Waals surface area contributed by atoms with Crippen molar-refractivity contribution in [2.75, 3.05) is 11.1 Å². The van der Waals surface area contributed by atoms with Crippen molar-refractivity contribution in [2.24, 2.45) is 0 Å². The number of pyridine rings is 1. The van der Waals surface area contributed by atoms with Crippen molar-refractivity contribution in [3.05, 3.63) is 54.1 Å². The van der Waals surface area contributed by atoms with Crippen LogP contribution in [0.4, 0.5) is 15.8 Å². The molecular weight excluding hydrogens is 233 g/mol. The lowest BCUT2D eigenvalue weighted by molar-refractivity contribution is -0.115. The Morgan fingerprint density at radius 2 is 2.22 bits per heavy atom. The van der Waals surface area contributed by atoms with Crippen LogP contribution in [0.15, 0.2) is 42.7 Å². The van der Waals surface area contributed by atoms with E-state index in [4.69, 9.17) is 5.73 Å². The van der Waals surface area contributed by atoms with E-state index in [0.717, 1.165) is 5.56 Å². The minimum Gasteiger partial charge on any atom is -0.399 e. The van der Waals surface area contributed by atoms with Crippen LogP contribution in [0.2, 0.25) is 0 Å². The fourth-order valence-electron chi connectivity index (χ4n) is 1.52. The zero-order valence-electron chi connectivity index (χ0n) is 9.56. The van der Waals surface area contributed by atoms with E-state index in [-0.39, 0.29) is 18.0 Å². The SMILES string of the molecule is Nc1ccc(F)c(NC(=O)Cc2cccnc2)c1. The summed E-state index contributed by atoms with van der Waals surface area (Å²) < 4.78 is 13.4.